The number of ether oxygens (including phenoxy) is 2. The van der Waals surface area contributed by atoms with Gasteiger partial charge in [0.05, 0.1) is 23.6 Å². The fraction of sp³-hybridized carbons (Fsp3) is 0.385. The lowest BCUT2D eigenvalue weighted by molar-refractivity contribution is -0.124. The molecule has 200 valence electrons. The van der Waals surface area contributed by atoms with Gasteiger partial charge in [-0.3, -0.25) is 19.3 Å². The molecule has 12 heteroatoms. The first-order chi connectivity index (χ1) is 18.3. The number of amides is 3. The van der Waals surface area contributed by atoms with Crippen molar-refractivity contribution in [2.24, 2.45) is 0 Å². The van der Waals surface area contributed by atoms with E-state index in [1.807, 2.05) is 0 Å². The van der Waals surface area contributed by atoms with E-state index in [-0.39, 0.29) is 29.1 Å². The Bertz CT molecular complexity index is 1300. The second-order valence-corrected chi connectivity index (χ2v) is 11.2. The van der Waals surface area contributed by atoms with Crippen molar-refractivity contribution >= 4 is 62.9 Å². The van der Waals surface area contributed by atoms with Crippen molar-refractivity contribution in [3.63, 3.8) is 0 Å². The molecular weight excluding hydrogens is 530 g/mol. The van der Waals surface area contributed by atoms with Crippen molar-refractivity contribution in [2.45, 2.75) is 44.9 Å². The van der Waals surface area contributed by atoms with Crippen LogP contribution >= 0.6 is 23.1 Å². The first-order valence-corrected chi connectivity index (χ1v) is 13.9. The summed E-state index contributed by atoms with van der Waals surface area (Å²) in [5.41, 5.74) is 2.24. The summed E-state index contributed by atoms with van der Waals surface area (Å²) in [6.45, 7) is 2.34. The van der Waals surface area contributed by atoms with Crippen LogP contribution in [-0.2, 0) is 25.5 Å². The van der Waals surface area contributed by atoms with Gasteiger partial charge in [0, 0.05) is 24.1 Å². The number of rotatable bonds is 7. The van der Waals surface area contributed by atoms with Crippen LogP contribution in [0.15, 0.2) is 29.2 Å². The minimum Gasteiger partial charge on any atom is -0.478 e. The number of benzene rings is 1. The molecule has 0 spiro atoms. The molecule has 0 aliphatic carbocycles. The Kier molecular flexibility index (Phi) is 7.84. The molecule has 3 amide bonds. The summed E-state index contributed by atoms with van der Waals surface area (Å²) in [4.78, 5) is 51.5. The number of fused-ring (bicyclic) bond motifs is 1. The van der Waals surface area contributed by atoms with Gasteiger partial charge in [-0.05, 0) is 66.8 Å². The normalized spacial score (nSPS) is 22.4. The van der Waals surface area contributed by atoms with Gasteiger partial charge in [0.2, 0.25) is 5.91 Å². The molecule has 3 aliphatic heterocycles. The Morgan fingerprint density at radius 1 is 1.16 bits per heavy atom. The van der Waals surface area contributed by atoms with E-state index in [4.69, 9.17) is 9.47 Å². The van der Waals surface area contributed by atoms with Gasteiger partial charge in [-0.25, -0.2) is 4.79 Å². The highest BCUT2D eigenvalue weighted by atomic mass is 32.2. The molecule has 0 radical (unpaired) electrons. The molecule has 2 fully saturated rings. The van der Waals surface area contributed by atoms with E-state index >= 15 is 0 Å². The topological polar surface area (TPSA) is 134 Å². The quantitative estimate of drug-likeness (QED) is 0.414. The van der Waals surface area contributed by atoms with Crippen molar-refractivity contribution in [1.29, 1.82) is 0 Å². The summed E-state index contributed by atoms with van der Waals surface area (Å²) in [6, 6.07) is 6.93. The monoisotopic (exact) mass is 557 g/mol. The highest BCUT2D eigenvalue weighted by Gasteiger charge is 2.40. The van der Waals surface area contributed by atoms with Crippen LogP contribution < -0.4 is 10.6 Å². The molecule has 2 unspecified atom stereocenters. The molecule has 0 saturated carbocycles. The van der Waals surface area contributed by atoms with Gasteiger partial charge in [-0.1, -0.05) is 12.1 Å². The Balaban J connectivity index is 1.34. The maximum Gasteiger partial charge on any atom is 0.338 e. The van der Waals surface area contributed by atoms with E-state index < -0.39 is 23.2 Å². The number of thioether (sulfide) groups is 1. The number of aromatic carboxylic acids is 1. The number of hydrogen-bond acceptors (Lipinski definition) is 9. The van der Waals surface area contributed by atoms with Crippen molar-refractivity contribution < 1.29 is 33.8 Å². The molecule has 2 aromatic rings. The SMILES string of the molecule is CC(=O)Nc1ccc(C=C2SC(=O)N(CC3OCCc4c3sc(NC3CCCCO3)c4C(=O)O)C2=O)cc1. The molecule has 38 heavy (non-hydrogen) atoms. The molecule has 10 nitrogen and oxygen atoms in total. The van der Waals surface area contributed by atoms with Gasteiger partial charge in [-0.15, -0.1) is 11.3 Å². The number of imide groups is 1. The Morgan fingerprint density at radius 3 is 2.63 bits per heavy atom. The van der Waals surface area contributed by atoms with Crippen LogP contribution in [0.25, 0.3) is 6.08 Å². The van der Waals surface area contributed by atoms with Gasteiger partial charge in [0.15, 0.2) is 0 Å². The summed E-state index contributed by atoms with van der Waals surface area (Å²) in [7, 11) is 0. The third kappa shape index (κ3) is 5.63. The van der Waals surface area contributed by atoms with Crippen LogP contribution in [0, 0.1) is 0 Å². The molecule has 2 atom stereocenters. The number of hydrogen-bond donors (Lipinski definition) is 3. The van der Waals surface area contributed by atoms with E-state index in [0.29, 0.717) is 46.3 Å². The first kappa shape index (κ1) is 26.4. The maximum atomic E-state index is 13.1. The van der Waals surface area contributed by atoms with E-state index in [9.17, 15) is 24.3 Å². The molecule has 4 heterocycles. The molecule has 3 N–H and O–H groups in total. The summed E-state index contributed by atoms with van der Waals surface area (Å²) in [6.07, 6.45) is 3.98. The zero-order valence-electron chi connectivity index (χ0n) is 20.7. The van der Waals surface area contributed by atoms with E-state index in [1.54, 1.807) is 30.3 Å². The summed E-state index contributed by atoms with van der Waals surface area (Å²) in [5, 5.41) is 16.0. The number of carbonyl (C=O) groups excluding carboxylic acids is 3. The maximum absolute atomic E-state index is 13.1. The summed E-state index contributed by atoms with van der Waals surface area (Å²) < 4.78 is 11.7. The lowest BCUT2D eigenvalue weighted by atomic mass is 10.0. The van der Waals surface area contributed by atoms with Crippen LogP contribution in [0.5, 0.6) is 0 Å². The largest absolute Gasteiger partial charge is 0.478 e. The molecule has 1 aromatic carbocycles. The predicted molar refractivity (Wildman–Crippen MR) is 144 cm³/mol. The van der Waals surface area contributed by atoms with Gasteiger partial charge in [-0.2, -0.15) is 0 Å². The number of nitrogens with one attached hydrogen (secondary N) is 2. The zero-order chi connectivity index (χ0) is 26.8. The second-order valence-electron chi connectivity index (χ2n) is 9.16. The van der Waals surface area contributed by atoms with Crippen LogP contribution in [0.4, 0.5) is 15.5 Å². The number of nitrogens with zero attached hydrogens (tertiary/aromatic N) is 1. The van der Waals surface area contributed by atoms with E-state index in [0.717, 1.165) is 35.9 Å². The Labute approximate surface area is 227 Å². The molecule has 5 rings (SSSR count). The summed E-state index contributed by atoms with van der Waals surface area (Å²) in [5.74, 6) is -1.64. The lowest BCUT2D eigenvalue weighted by Crippen LogP contribution is -2.34. The second kappa shape index (κ2) is 11.3. The Hall–Kier alpha value is -3.19. The Morgan fingerprint density at radius 2 is 1.95 bits per heavy atom. The number of carbonyl (C=O) groups is 4. The number of thiophene rings is 1. The van der Waals surface area contributed by atoms with Crippen molar-refractivity contribution in [3.05, 3.63) is 50.7 Å². The van der Waals surface area contributed by atoms with Gasteiger partial charge < -0.3 is 25.2 Å². The van der Waals surface area contributed by atoms with Crippen LogP contribution in [0.2, 0.25) is 0 Å². The third-order valence-electron chi connectivity index (χ3n) is 6.44. The van der Waals surface area contributed by atoms with Gasteiger partial charge in [0.1, 0.15) is 17.3 Å². The third-order valence-corrected chi connectivity index (χ3v) is 8.60. The van der Waals surface area contributed by atoms with Gasteiger partial charge in [0.25, 0.3) is 11.1 Å². The molecule has 1 aromatic heterocycles. The smallest absolute Gasteiger partial charge is 0.338 e. The molecular formula is C26H27N3O7S2. The predicted octanol–water partition coefficient (Wildman–Crippen LogP) is 4.69. The van der Waals surface area contributed by atoms with E-state index in [2.05, 4.69) is 10.6 Å². The number of carboxylic acid groups (broad SMARTS) is 1. The number of anilines is 2. The van der Waals surface area contributed by atoms with Crippen molar-refractivity contribution in [1.82, 2.24) is 4.90 Å². The highest BCUT2D eigenvalue weighted by molar-refractivity contribution is 8.18. The fourth-order valence-corrected chi connectivity index (χ4v) is 6.85. The van der Waals surface area contributed by atoms with Crippen LogP contribution in [0.3, 0.4) is 0 Å². The minimum absolute atomic E-state index is 0.00455. The fourth-order valence-electron chi connectivity index (χ4n) is 4.67. The highest BCUT2D eigenvalue weighted by Crippen LogP contribution is 2.43. The summed E-state index contributed by atoms with van der Waals surface area (Å²) >= 11 is 2.14. The molecule has 2 saturated heterocycles. The first-order valence-electron chi connectivity index (χ1n) is 12.3. The van der Waals surface area contributed by atoms with E-state index in [1.165, 1.54) is 18.3 Å². The molecule has 0 bridgehead atoms. The standard InChI is InChI=1S/C26H27N3O7S2/c1-14(30)27-16-7-5-15(6-8-16)12-19-24(31)29(26(34)37-19)13-18-22-17(9-11-35-18)21(25(32)33)23(38-22)28-20-4-2-3-10-36-20/h5-8,12,18,20,28H,2-4,9-11,13H2,1H3,(H,27,30)(H,32,33). The average molecular weight is 558 g/mol. The van der Waals surface area contributed by atoms with Crippen molar-refractivity contribution in [3.8, 4) is 0 Å². The van der Waals surface area contributed by atoms with Crippen LogP contribution in [-0.4, -0.2) is 59.0 Å². The average Bonchev–Trinajstić information content (AvgIpc) is 3.38. The van der Waals surface area contributed by atoms with Crippen LogP contribution in [0.1, 0.15) is 58.7 Å². The minimum atomic E-state index is -1.03. The van der Waals surface area contributed by atoms with Gasteiger partial charge >= 0.3 is 5.97 Å². The van der Waals surface area contributed by atoms with Crippen molar-refractivity contribution in [2.75, 3.05) is 30.4 Å². The number of carboxylic acids is 1. The molecule has 3 aliphatic rings. The zero-order valence-corrected chi connectivity index (χ0v) is 22.3. The lowest BCUT2D eigenvalue weighted by Gasteiger charge is -2.26.